The Balaban J connectivity index is 3.01. The summed E-state index contributed by atoms with van der Waals surface area (Å²) < 4.78 is 26.9. The van der Waals surface area contributed by atoms with Gasteiger partial charge in [-0.05, 0) is 31.9 Å². The zero-order chi connectivity index (χ0) is 15.4. The number of sulfonamides is 1. The highest BCUT2D eigenvalue weighted by atomic mass is 32.2. The number of nitrogens with one attached hydrogen (secondary N) is 1. The lowest BCUT2D eigenvalue weighted by molar-refractivity contribution is -0.384. The number of non-ortho nitro benzene ring substituents is 1. The van der Waals surface area contributed by atoms with Gasteiger partial charge in [0.15, 0.2) is 0 Å². The third-order valence-electron chi connectivity index (χ3n) is 3.18. The van der Waals surface area contributed by atoms with E-state index in [1.54, 1.807) is 6.92 Å². The lowest BCUT2D eigenvalue weighted by Crippen LogP contribution is -2.46. The Labute approximate surface area is 117 Å². The fourth-order valence-corrected chi connectivity index (χ4v) is 3.18. The van der Waals surface area contributed by atoms with E-state index in [4.69, 9.17) is 5.11 Å². The van der Waals surface area contributed by atoms with Gasteiger partial charge in [-0.1, -0.05) is 6.92 Å². The molecule has 0 fully saturated rings. The zero-order valence-corrected chi connectivity index (χ0v) is 12.2. The van der Waals surface area contributed by atoms with E-state index in [-0.39, 0.29) is 23.6 Å². The van der Waals surface area contributed by atoms with Crippen LogP contribution in [0.5, 0.6) is 0 Å². The van der Waals surface area contributed by atoms with Crippen LogP contribution in [0, 0.1) is 10.1 Å². The van der Waals surface area contributed by atoms with Gasteiger partial charge in [-0.3, -0.25) is 10.1 Å². The van der Waals surface area contributed by atoms with Crippen LogP contribution in [0.15, 0.2) is 29.2 Å². The lowest BCUT2D eigenvalue weighted by Gasteiger charge is -2.28. The van der Waals surface area contributed by atoms with Crippen molar-refractivity contribution in [2.75, 3.05) is 6.61 Å². The first-order chi connectivity index (χ1) is 9.24. The Bertz CT molecular complexity index is 570. The smallest absolute Gasteiger partial charge is 0.269 e. The highest BCUT2D eigenvalue weighted by Gasteiger charge is 2.28. The Morgan fingerprint density at radius 2 is 1.90 bits per heavy atom. The van der Waals surface area contributed by atoms with E-state index in [2.05, 4.69) is 4.72 Å². The van der Waals surface area contributed by atoms with E-state index in [0.29, 0.717) is 6.42 Å². The van der Waals surface area contributed by atoms with Crippen LogP contribution in [0.2, 0.25) is 0 Å². The molecule has 0 saturated carbocycles. The molecular weight excluding hydrogens is 284 g/mol. The van der Waals surface area contributed by atoms with E-state index >= 15 is 0 Å². The number of hydrogen-bond donors (Lipinski definition) is 2. The van der Waals surface area contributed by atoms with Gasteiger partial charge < -0.3 is 5.11 Å². The van der Waals surface area contributed by atoms with Crippen molar-refractivity contribution in [1.82, 2.24) is 4.72 Å². The van der Waals surface area contributed by atoms with Gasteiger partial charge in [-0.25, -0.2) is 13.1 Å². The number of hydrogen-bond acceptors (Lipinski definition) is 5. The van der Waals surface area contributed by atoms with Crippen molar-refractivity contribution in [2.45, 2.75) is 37.1 Å². The van der Waals surface area contributed by atoms with E-state index < -0.39 is 20.5 Å². The predicted molar refractivity (Wildman–Crippen MR) is 73.8 cm³/mol. The number of nitro benzene ring substituents is 1. The number of aliphatic hydroxyl groups is 1. The minimum Gasteiger partial charge on any atom is -0.396 e. The summed E-state index contributed by atoms with van der Waals surface area (Å²) in [5.74, 6) is 0. The van der Waals surface area contributed by atoms with Crippen molar-refractivity contribution in [2.24, 2.45) is 0 Å². The van der Waals surface area contributed by atoms with Crippen LogP contribution in [-0.2, 0) is 10.0 Å². The quantitative estimate of drug-likeness (QED) is 0.585. The van der Waals surface area contributed by atoms with E-state index in [1.807, 2.05) is 6.92 Å². The van der Waals surface area contributed by atoms with Gasteiger partial charge in [-0.15, -0.1) is 0 Å². The van der Waals surface area contributed by atoms with Crippen LogP contribution in [0.4, 0.5) is 5.69 Å². The summed E-state index contributed by atoms with van der Waals surface area (Å²) in [6, 6.07) is 4.67. The molecule has 20 heavy (non-hydrogen) atoms. The van der Waals surface area contributed by atoms with Crippen molar-refractivity contribution in [3.8, 4) is 0 Å². The first-order valence-corrected chi connectivity index (χ1v) is 7.62. The van der Waals surface area contributed by atoms with Crippen LogP contribution >= 0.6 is 0 Å². The Hall–Kier alpha value is -1.51. The Kier molecular flexibility index (Phi) is 5.21. The number of nitrogens with zero attached hydrogens (tertiary/aromatic N) is 1. The maximum Gasteiger partial charge on any atom is 0.269 e. The average molecular weight is 302 g/mol. The summed E-state index contributed by atoms with van der Waals surface area (Å²) in [6.07, 6.45) is 0.801. The SMILES string of the molecule is CCC(C)(CCO)NS(=O)(=O)c1ccc([N+](=O)[O-])cc1. The fourth-order valence-electron chi connectivity index (χ4n) is 1.68. The molecule has 0 heterocycles. The van der Waals surface area contributed by atoms with Crippen molar-refractivity contribution in [3.05, 3.63) is 34.4 Å². The molecule has 1 unspecified atom stereocenters. The molecule has 0 aromatic heterocycles. The second-order valence-electron chi connectivity index (χ2n) is 4.74. The normalized spacial score (nSPS) is 14.8. The lowest BCUT2D eigenvalue weighted by atomic mass is 9.97. The van der Waals surface area contributed by atoms with Gasteiger partial charge in [0.1, 0.15) is 0 Å². The second-order valence-corrected chi connectivity index (χ2v) is 6.43. The summed E-state index contributed by atoms with van der Waals surface area (Å²) in [6.45, 7) is 3.38. The molecule has 112 valence electrons. The number of nitro groups is 1. The Morgan fingerprint density at radius 1 is 1.35 bits per heavy atom. The molecule has 0 bridgehead atoms. The maximum atomic E-state index is 12.2. The number of aliphatic hydroxyl groups excluding tert-OH is 1. The summed E-state index contributed by atoms with van der Waals surface area (Å²) in [5.41, 5.74) is -0.924. The molecule has 8 heteroatoms. The maximum absolute atomic E-state index is 12.2. The molecule has 1 aromatic rings. The van der Waals surface area contributed by atoms with Crippen LogP contribution < -0.4 is 4.72 Å². The summed E-state index contributed by atoms with van der Waals surface area (Å²) >= 11 is 0. The van der Waals surface area contributed by atoms with Gasteiger partial charge in [0.2, 0.25) is 10.0 Å². The summed E-state index contributed by atoms with van der Waals surface area (Å²) in [5, 5.41) is 19.5. The molecule has 1 aromatic carbocycles. The third kappa shape index (κ3) is 3.99. The highest BCUT2D eigenvalue weighted by molar-refractivity contribution is 7.89. The molecule has 0 radical (unpaired) electrons. The zero-order valence-electron chi connectivity index (χ0n) is 11.4. The monoisotopic (exact) mass is 302 g/mol. The van der Waals surface area contributed by atoms with E-state index in [0.717, 1.165) is 12.1 Å². The third-order valence-corrected chi connectivity index (χ3v) is 4.84. The summed E-state index contributed by atoms with van der Waals surface area (Å²) in [7, 11) is -3.78. The second kappa shape index (κ2) is 6.29. The molecule has 2 N–H and O–H groups in total. The van der Waals surface area contributed by atoms with Gasteiger partial charge in [0, 0.05) is 24.3 Å². The molecule has 0 saturated heterocycles. The first kappa shape index (κ1) is 16.5. The molecule has 0 aliphatic heterocycles. The molecule has 1 rings (SSSR count). The summed E-state index contributed by atoms with van der Waals surface area (Å²) in [4.78, 5) is 9.90. The standard InChI is InChI=1S/C12H18N2O5S/c1-3-12(2,8-9-15)13-20(18,19)11-6-4-10(5-7-11)14(16)17/h4-7,13,15H,3,8-9H2,1-2H3. The van der Waals surface area contributed by atoms with Crippen molar-refractivity contribution < 1.29 is 18.4 Å². The molecule has 7 nitrogen and oxygen atoms in total. The minimum atomic E-state index is -3.78. The van der Waals surface area contributed by atoms with Crippen LogP contribution in [-0.4, -0.2) is 30.6 Å². The van der Waals surface area contributed by atoms with Crippen LogP contribution in [0.25, 0.3) is 0 Å². The molecule has 0 aliphatic carbocycles. The number of rotatable bonds is 7. The molecule has 0 amide bonds. The van der Waals surface area contributed by atoms with Crippen molar-refractivity contribution in [1.29, 1.82) is 0 Å². The average Bonchev–Trinajstić information content (AvgIpc) is 2.38. The van der Waals surface area contributed by atoms with Gasteiger partial charge in [0.25, 0.3) is 5.69 Å². The topological polar surface area (TPSA) is 110 Å². The first-order valence-electron chi connectivity index (χ1n) is 6.13. The largest absolute Gasteiger partial charge is 0.396 e. The Morgan fingerprint density at radius 3 is 2.30 bits per heavy atom. The van der Waals surface area contributed by atoms with E-state index in [9.17, 15) is 18.5 Å². The molecule has 0 aliphatic rings. The molecule has 0 spiro atoms. The fraction of sp³-hybridized carbons (Fsp3) is 0.500. The highest BCUT2D eigenvalue weighted by Crippen LogP contribution is 2.20. The van der Waals surface area contributed by atoms with Crippen molar-refractivity contribution >= 4 is 15.7 Å². The van der Waals surface area contributed by atoms with Gasteiger partial charge in [-0.2, -0.15) is 0 Å². The molecular formula is C12H18N2O5S. The number of benzene rings is 1. The minimum absolute atomic E-state index is 0.0410. The molecule has 1 atom stereocenters. The van der Waals surface area contributed by atoms with Crippen molar-refractivity contribution in [3.63, 3.8) is 0 Å². The van der Waals surface area contributed by atoms with E-state index in [1.165, 1.54) is 12.1 Å². The van der Waals surface area contributed by atoms with Gasteiger partial charge >= 0.3 is 0 Å². The van der Waals surface area contributed by atoms with Crippen LogP contribution in [0.3, 0.4) is 0 Å². The predicted octanol–water partition coefficient (Wildman–Crippen LogP) is 1.42. The van der Waals surface area contributed by atoms with Crippen LogP contribution in [0.1, 0.15) is 26.7 Å². The van der Waals surface area contributed by atoms with Gasteiger partial charge in [0.05, 0.1) is 9.82 Å².